The molecule has 0 amide bonds. The van der Waals surface area contributed by atoms with Crippen LogP contribution in [0.1, 0.15) is 18.4 Å². The van der Waals surface area contributed by atoms with Gasteiger partial charge >= 0.3 is 0 Å². The highest BCUT2D eigenvalue weighted by Gasteiger charge is 2.23. The van der Waals surface area contributed by atoms with Gasteiger partial charge in [0.25, 0.3) is 0 Å². The number of anilines is 1. The molecule has 6 nitrogen and oxygen atoms in total. The van der Waals surface area contributed by atoms with Crippen LogP contribution >= 0.6 is 11.3 Å². The maximum absolute atomic E-state index is 9.29. The summed E-state index contributed by atoms with van der Waals surface area (Å²) in [4.78, 5) is 2.20. The van der Waals surface area contributed by atoms with Crippen molar-refractivity contribution in [1.82, 2.24) is 15.1 Å². The van der Waals surface area contributed by atoms with E-state index in [4.69, 9.17) is 4.74 Å². The molecule has 1 aliphatic rings. The van der Waals surface area contributed by atoms with Crippen LogP contribution in [-0.4, -0.2) is 59.2 Å². The molecule has 18 heavy (non-hydrogen) atoms. The van der Waals surface area contributed by atoms with E-state index in [0.717, 1.165) is 42.8 Å². The highest BCUT2D eigenvalue weighted by atomic mass is 32.1. The van der Waals surface area contributed by atoms with Crippen LogP contribution in [0.5, 0.6) is 0 Å². The number of morpholine rings is 1. The molecule has 0 aromatic carbocycles. The Morgan fingerprint density at radius 3 is 3.22 bits per heavy atom. The van der Waals surface area contributed by atoms with Crippen molar-refractivity contribution in [3.05, 3.63) is 5.01 Å². The second-order valence-electron chi connectivity index (χ2n) is 4.31. The van der Waals surface area contributed by atoms with Crippen LogP contribution in [0.15, 0.2) is 0 Å². The quantitative estimate of drug-likeness (QED) is 0.788. The molecule has 1 aromatic rings. The molecule has 2 heterocycles. The van der Waals surface area contributed by atoms with Gasteiger partial charge in [-0.2, -0.15) is 0 Å². The predicted molar refractivity (Wildman–Crippen MR) is 70.8 cm³/mol. The van der Waals surface area contributed by atoms with E-state index in [1.807, 2.05) is 0 Å². The van der Waals surface area contributed by atoms with Crippen molar-refractivity contribution in [2.75, 3.05) is 38.2 Å². The lowest BCUT2D eigenvalue weighted by Crippen LogP contribution is -2.46. The summed E-state index contributed by atoms with van der Waals surface area (Å²) >= 11 is 1.58. The van der Waals surface area contributed by atoms with Crippen LogP contribution in [0.4, 0.5) is 5.13 Å². The first kappa shape index (κ1) is 13.7. The van der Waals surface area contributed by atoms with Crippen LogP contribution < -0.4 is 5.32 Å². The van der Waals surface area contributed by atoms with Gasteiger partial charge in [-0.15, -0.1) is 10.2 Å². The number of hydrogen-bond acceptors (Lipinski definition) is 7. The molecule has 0 spiro atoms. The maximum Gasteiger partial charge on any atom is 0.205 e. The summed E-state index contributed by atoms with van der Waals surface area (Å²) in [6.45, 7) is 6.05. The second-order valence-corrected chi connectivity index (χ2v) is 5.37. The molecule has 2 rings (SSSR count). The number of hydrogen-bond donors (Lipinski definition) is 2. The van der Waals surface area contributed by atoms with Gasteiger partial charge in [-0.1, -0.05) is 18.3 Å². The standard InChI is InChI=1S/C11H20N4O2S/c1-2-3-12-11-14-13-10(18-11)6-15-4-5-17-8-9(15)7-16/h9,16H,2-8H2,1H3,(H,12,14). The van der Waals surface area contributed by atoms with Crippen molar-refractivity contribution in [1.29, 1.82) is 0 Å². The Morgan fingerprint density at radius 2 is 2.44 bits per heavy atom. The van der Waals surface area contributed by atoms with Gasteiger partial charge in [-0.05, 0) is 6.42 Å². The van der Waals surface area contributed by atoms with Crippen molar-refractivity contribution in [3.8, 4) is 0 Å². The van der Waals surface area contributed by atoms with Gasteiger partial charge in [0.05, 0.1) is 32.4 Å². The molecule has 0 saturated carbocycles. The Hall–Kier alpha value is -0.760. The molecular formula is C11H20N4O2S. The Balaban J connectivity index is 1.89. The fourth-order valence-electron chi connectivity index (χ4n) is 1.86. The minimum atomic E-state index is 0.0784. The van der Waals surface area contributed by atoms with E-state index in [1.54, 1.807) is 11.3 Å². The average Bonchev–Trinajstić information content (AvgIpc) is 2.84. The van der Waals surface area contributed by atoms with E-state index in [0.29, 0.717) is 6.61 Å². The van der Waals surface area contributed by atoms with Gasteiger partial charge in [0.15, 0.2) is 0 Å². The number of nitrogens with zero attached hydrogens (tertiary/aromatic N) is 3. The number of nitrogens with one attached hydrogen (secondary N) is 1. The highest BCUT2D eigenvalue weighted by Crippen LogP contribution is 2.19. The van der Waals surface area contributed by atoms with Gasteiger partial charge in [0.2, 0.25) is 5.13 Å². The van der Waals surface area contributed by atoms with E-state index in [2.05, 4.69) is 27.3 Å². The summed E-state index contributed by atoms with van der Waals surface area (Å²) in [6, 6.07) is 0.0784. The Morgan fingerprint density at radius 1 is 1.56 bits per heavy atom. The molecule has 1 fully saturated rings. The lowest BCUT2D eigenvalue weighted by molar-refractivity contribution is -0.0313. The minimum Gasteiger partial charge on any atom is -0.395 e. The molecule has 0 bridgehead atoms. The highest BCUT2D eigenvalue weighted by molar-refractivity contribution is 7.15. The Kier molecular flexibility index (Phi) is 5.30. The third kappa shape index (κ3) is 3.61. The van der Waals surface area contributed by atoms with Gasteiger partial charge in [-0.25, -0.2) is 0 Å². The molecule has 102 valence electrons. The molecule has 1 saturated heterocycles. The minimum absolute atomic E-state index is 0.0784. The van der Waals surface area contributed by atoms with Crippen LogP contribution in [0, 0.1) is 0 Å². The molecule has 2 N–H and O–H groups in total. The number of aliphatic hydroxyl groups excluding tert-OH is 1. The van der Waals surface area contributed by atoms with Gasteiger partial charge < -0.3 is 15.2 Å². The Labute approximate surface area is 111 Å². The SMILES string of the molecule is CCCNc1nnc(CN2CCOCC2CO)s1. The van der Waals surface area contributed by atoms with Crippen LogP contribution in [-0.2, 0) is 11.3 Å². The number of aliphatic hydroxyl groups is 1. The molecule has 1 aliphatic heterocycles. The van der Waals surface area contributed by atoms with Crippen LogP contribution in [0.25, 0.3) is 0 Å². The van der Waals surface area contributed by atoms with Crippen molar-refractivity contribution >= 4 is 16.5 Å². The lowest BCUT2D eigenvalue weighted by Gasteiger charge is -2.33. The number of rotatable bonds is 6. The third-order valence-corrected chi connectivity index (χ3v) is 3.76. The first-order chi connectivity index (χ1) is 8.83. The maximum atomic E-state index is 9.29. The van der Waals surface area contributed by atoms with Crippen LogP contribution in [0.3, 0.4) is 0 Å². The summed E-state index contributed by atoms with van der Waals surface area (Å²) < 4.78 is 5.35. The topological polar surface area (TPSA) is 70.5 Å². The molecular weight excluding hydrogens is 252 g/mol. The third-order valence-electron chi connectivity index (χ3n) is 2.89. The van der Waals surface area contributed by atoms with Gasteiger partial charge in [0, 0.05) is 13.1 Å². The molecule has 1 aromatic heterocycles. The van der Waals surface area contributed by atoms with E-state index in [9.17, 15) is 5.11 Å². The zero-order valence-corrected chi connectivity index (χ0v) is 11.4. The van der Waals surface area contributed by atoms with Gasteiger partial charge in [0.1, 0.15) is 5.01 Å². The molecule has 7 heteroatoms. The smallest absolute Gasteiger partial charge is 0.205 e. The van der Waals surface area contributed by atoms with Crippen molar-refractivity contribution in [3.63, 3.8) is 0 Å². The van der Waals surface area contributed by atoms with E-state index >= 15 is 0 Å². The largest absolute Gasteiger partial charge is 0.395 e. The lowest BCUT2D eigenvalue weighted by atomic mass is 10.2. The zero-order chi connectivity index (χ0) is 12.8. The Bertz CT molecular complexity index is 361. The fraction of sp³-hybridized carbons (Fsp3) is 0.818. The van der Waals surface area contributed by atoms with E-state index in [-0.39, 0.29) is 12.6 Å². The molecule has 0 aliphatic carbocycles. The van der Waals surface area contributed by atoms with E-state index < -0.39 is 0 Å². The van der Waals surface area contributed by atoms with Crippen LogP contribution in [0.2, 0.25) is 0 Å². The fourth-order valence-corrected chi connectivity index (χ4v) is 2.65. The summed E-state index contributed by atoms with van der Waals surface area (Å²) in [5.41, 5.74) is 0. The van der Waals surface area contributed by atoms with Gasteiger partial charge in [-0.3, -0.25) is 4.90 Å². The monoisotopic (exact) mass is 272 g/mol. The number of aromatic nitrogens is 2. The summed E-state index contributed by atoms with van der Waals surface area (Å²) in [6.07, 6.45) is 1.07. The first-order valence-corrected chi connectivity index (χ1v) is 7.14. The second kappa shape index (κ2) is 6.98. The summed E-state index contributed by atoms with van der Waals surface area (Å²) in [7, 11) is 0. The van der Waals surface area contributed by atoms with Crippen molar-refractivity contribution < 1.29 is 9.84 Å². The first-order valence-electron chi connectivity index (χ1n) is 6.32. The zero-order valence-electron chi connectivity index (χ0n) is 10.6. The van der Waals surface area contributed by atoms with Crippen molar-refractivity contribution in [2.24, 2.45) is 0 Å². The van der Waals surface area contributed by atoms with E-state index in [1.165, 1.54) is 0 Å². The molecule has 1 unspecified atom stereocenters. The normalized spacial score (nSPS) is 21.1. The number of ether oxygens (including phenoxy) is 1. The summed E-state index contributed by atoms with van der Waals surface area (Å²) in [5.74, 6) is 0. The molecule has 1 atom stereocenters. The molecule has 0 radical (unpaired) electrons. The summed E-state index contributed by atoms with van der Waals surface area (Å²) in [5, 5.41) is 22.7. The average molecular weight is 272 g/mol. The van der Waals surface area contributed by atoms with Crippen molar-refractivity contribution in [2.45, 2.75) is 25.9 Å². The predicted octanol–water partition coefficient (Wildman–Crippen LogP) is 0.553.